The van der Waals surface area contributed by atoms with Crippen molar-refractivity contribution in [3.8, 4) is 5.69 Å². The Labute approximate surface area is 174 Å². The molecule has 1 fully saturated rings. The Balaban J connectivity index is 2.00. The van der Waals surface area contributed by atoms with E-state index < -0.39 is 23.2 Å². The van der Waals surface area contributed by atoms with Crippen LogP contribution >= 0.6 is 11.8 Å². The molecule has 0 saturated carbocycles. The lowest BCUT2D eigenvalue weighted by Crippen LogP contribution is -2.42. The van der Waals surface area contributed by atoms with Gasteiger partial charge in [-0.05, 0) is 81.3 Å². The second-order valence-corrected chi connectivity index (χ2v) is 8.12. The van der Waals surface area contributed by atoms with Crippen molar-refractivity contribution in [1.29, 1.82) is 0 Å². The van der Waals surface area contributed by atoms with Crippen molar-refractivity contribution in [1.82, 2.24) is 9.47 Å². The molecular weight excluding hydrogens is 388 g/mol. The van der Waals surface area contributed by atoms with Gasteiger partial charge in [0, 0.05) is 17.1 Å². The van der Waals surface area contributed by atoms with Crippen molar-refractivity contribution in [3.63, 3.8) is 0 Å². The number of hydrogen-bond acceptors (Lipinski definition) is 5. The van der Waals surface area contributed by atoms with Crippen LogP contribution in [-0.4, -0.2) is 39.7 Å². The van der Waals surface area contributed by atoms with E-state index in [0.717, 1.165) is 39.3 Å². The number of amides is 2. The SMILES string of the molecule is COC(=O)[C@@H](C)N1C(=O)S/C(=C/c2cc(C)n(-c3cccc(C)c3C)c2C)C1=O. The molecule has 1 aromatic heterocycles. The highest BCUT2D eigenvalue weighted by atomic mass is 32.2. The van der Waals surface area contributed by atoms with Gasteiger partial charge in [0.25, 0.3) is 11.1 Å². The van der Waals surface area contributed by atoms with Crippen molar-refractivity contribution in [2.24, 2.45) is 0 Å². The monoisotopic (exact) mass is 412 g/mol. The minimum absolute atomic E-state index is 0.298. The number of hydrogen-bond donors (Lipinski definition) is 0. The van der Waals surface area contributed by atoms with Crippen LogP contribution in [0.5, 0.6) is 0 Å². The number of carbonyl (C=O) groups is 3. The van der Waals surface area contributed by atoms with E-state index in [4.69, 9.17) is 0 Å². The predicted molar refractivity (Wildman–Crippen MR) is 114 cm³/mol. The highest BCUT2D eigenvalue weighted by molar-refractivity contribution is 8.18. The summed E-state index contributed by atoms with van der Waals surface area (Å²) < 4.78 is 6.81. The minimum atomic E-state index is -0.958. The summed E-state index contributed by atoms with van der Waals surface area (Å²) in [6.45, 7) is 9.64. The van der Waals surface area contributed by atoms with Gasteiger partial charge in [0.05, 0.1) is 12.0 Å². The van der Waals surface area contributed by atoms with Gasteiger partial charge in [0.15, 0.2) is 0 Å². The minimum Gasteiger partial charge on any atom is -0.467 e. The topological polar surface area (TPSA) is 68.6 Å². The molecule has 0 aliphatic carbocycles. The molecule has 6 nitrogen and oxygen atoms in total. The summed E-state index contributed by atoms with van der Waals surface area (Å²) in [7, 11) is 1.23. The van der Waals surface area contributed by atoms with E-state index in [2.05, 4.69) is 35.3 Å². The van der Waals surface area contributed by atoms with Gasteiger partial charge in [-0.2, -0.15) is 0 Å². The zero-order valence-corrected chi connectivity index (χ0v) is 18.2. The fourth-order valence-corrected chi connectivity index (χ4v) is 4.41. The maximum absolute atomic E-state index is 12.8. The van der Waals surface area contributed by atoms with E-state index in [1.165, 1.54) is 25.2 Å². The fourth-order valence-electron chi connectivity index (χ4n) is 3.51. The number of esters is 1. The van der Waals surface area contributed by atoms with Crippen LogP contribution in [0.25, 0.3) is 11.8 Å². The van der Waals surface area contributed by atoms with Gasteiger partial charge in [0.2, 0.25) is 0 Å². The van der Waals surface area contributed by atoms with E-state index in [-0.39, 0.29) is 0 Å². The normalized spacial score (nSPS) is 16.6. The zero-order chi connectivity index (χ0) is 21.5. The first-order valence-corrected chi connectivity index (χ1v) is 10.1. The summed E-state index contributed by atoms with van der Waals surface area (Å²) in [5.41, 5.74) is 6.35. The Hall–Kier alpha value is -2.80. The van der Waals surface area contributed by atoms with Crippen LogP contribution in [0.4, 0.5) is 4.79 Å². The summed E-state index contributed by atoms with van der Waals surface area (Å²) in [5, 5.41) is -0.470. The van der Waals surface area contributed by atoms with Crippen LogP contribution in [0.1, 0.15) is 35.0 Å². The standard InChI is InChI=1S/C22H24N2O4S/c1-12-8-7-9-18(14(12)3)23-13(2)10-17(15(23)4)11-19-20(25)24(22(27)29-19)16(5)21(26)28-6/h7-11,16H,1-6H3/b19-11+/t16-/m1/s1. The van der Waals surface area contributed by atoms with Gasteiger partial charge in [-0.3, -0.25) is 14.5 Å². The number of aryl methyl sites for hydroxylation is 2. The van der Waals surface area contributed by atoms with Crippen LogP contribution in [0.2, 0.25) is 0 Å². The van der Waals surface area contributed by atoms with Gasteiger partial charge < -0.3 is 9.30 Å². The molecule has 2 heterocycles. The molecule has 152 valence electrons. The van der Waals surface area contributed by atoms with E-state index in [0.29, 0.717) is 4.91 Å². The summed E-state index contributed by atoms with van der Waals surface area (Å²) in [6, 6.07) is 7.20. The number of methoxy groups -OCH3 is 1. The molecular formula is C22H24N2O4S. The Bertz CT molecular complexity index is 1050. The third-order valence-corrected chi connectivity index (χ3v) is 6.21. The van der Waals surface area contributed by atoms with E-state index in [1.54, 1.807) is 6.08 Å². The Kier molecular flexibility index (Phi) is 5.71. The largest absolute Gasteiger partial charge is 0.467 e. The first kappa shape index (κ1) is 20.9. The van der Waals surface area contributed by atoms with Crippen molar-refractivity contribution in [2.75, 3.05) is 7.11 Å². The van der Waals surface area contributed by atoms with Gasteiger partial charge in [-0.1, -0.05) is 12.1 Å². The average molecular weight is 413 g/mol. The molecule has 0 N–H and O–H groups in total. The molecule has 0 bridgehead atoms. The summed E-state index contributed by atoms with van der Waals surface area (Å²) in [6.07, 6.45) is 1.72. The lowest BCUT2D eigenvalue weighted by atomic mass is 10.1. The Morgan fingerprint density at radius 3 is 2.52 bits per heavy atom. The Morgan fingerprint density at radius 1 is 1.17 bits per heavy atom. The van der Waals surface area contributed by atoms with E-state index in [1.807, 2.05) is 26.0 Å². The number of carbonyl (C=O) groups excluding carboxylic acids is 3. The lowest BCUT2D eigenvalue weighted by Gasteiger charge is -2.18. The maximum atomic E-state index is 12.8. The molecule has 0 spiro atoms. The quantitative estimate of drug-likeness (QED) is 0.553. The summed E-state index contributed by atoms with van der Waals surface area (Å²) in [5.74, 6) is -1.10. The van der Waals surface area contributed by atoms with Crippen LogP contribution < -0.4 is 0 Å². The molecule has 1 aliphatic rings. The van der Waals surface area contributed by atoms with Crippen LogP contribution in [-0.2, 0) is 14.3 Å². The molecule has 2 amide bonds. The second kappa shape index (κ2) is 7.91. The highest BCUT2D eigenvalue weighted by Crippen LogP contribution is 2.35. The molecule has 1 saturated heterocycles. The van der Waals surface area contributed by atoms with Crippen molar-refractivity contribution in [3.05, 3.63) is 57.2 Å². The number of aromatic nitrogens is 1. The number of rotatable bonds is 4. The first-order valence-electron chi connectivity index (χ1n) is 9.27. The zero-order valence-electron chi connectivity index (χ0n) is 17.4. The molecule has 7 heteroatoms. The molecule has 3 rings (SSSR count). The van der Waals surface area contributed by atoms with Crippen LogP contribution in [0.15, 0.2) is 29.2 Å². The second-order valence-electron chi connectivity index (χ2n) is 7.13. The van der Waals surface area contributed by atoms with E-state index >= 15 is 0 Å². The molecule has 0 radical (unpaired) electrons. The lowest BCUT2D eigenvalue weighted by molar-refractivity contribution is -0.148. The van der Waals surface area contributed by atoms with Gasteiger partial charge >= 0.3 is 5.97 Å². The molecule has 1 aromatic carbocycles. The number of benzene rings is 1. The maximum Gasteiger partial charge on any atom is 0.328 e. The Morgan fingerprint density at radius 2 is 1.86 bits per heavy atom. The molecule has 1 atom stereocenters. The summed E-state index contributed by atoms with van der Waals surface area (Å²) >= 11 is 0.840. The highest BCUT2D eigenvalue weighted by Gasteiger charge is 2.41. The van der Waals surface area contributed by atoms with Crippen molar-refractivity contribution in [2.45, 2.75) is 40.7 Å². The molecule has 1 aliphatic heterocycles. The third kappa shape index (κ3) is 3.62. The molecule has 29 heavy (non-hydrogen) atoms. The van der Waals surface area contributed by atoms with Crippen LogP contribution in [0.3, 0.4) is 0 Å². The smallest absolute Gasteiger partial charge is 0.328 e. The molecule has 2 aromatic rings. The van der Waals surface area contributed by atoms with Gasteiger partial charge in [-0.25, -0.2) is 4.79 Å². The number of ether oxygens (including phenoxy) is 1. The fraction of sp³-hybridized carbons (Fsp3) is 0.318. The number of nitrogens with zero attached hydrogens (tertiary/aromatic N) is 2. The van der Waals surface area contributed by atoms with Crippen molar-refractivity contribution >= 4 is 35.0 Å². The van der Waals surface area contributed by atoms with Crippen LogP contribution in [0, 0.1) is 27.7 Å². The average Bonchev–Trinajstić information content (AvgIpc) is 3.11. The third-order valence-electron chi connectivity index (χ3n) is 5.33. The van der Waals surface area contributed by atoms with Crippen molar-refractivity contribution < 1.29 is 19.1 Å². The van der Waals surface area contributed by atoms with Gasteiger partial charge in [0.1, 0.15) is 6.04 Å². The predicted octanol–water partition coefficient (Wildman–Crippen LogP) is 4.31. The summed E-state index contributed by atoms with van der Waals surface area (Å²) in [4.78, 5) is 38.1. The van der Waals surface area contributed by atoms with Gasteiger partial charge in [-0.15, -0.1) is 0 Å². The number of imide groups is 1. The first-order chi connectivity index (χ1) is 13.7. The van der Waals surface area contributed by atoms with E-state index in [9.17, 15) is 14.4 Å². The number of thioether (sulfide) groups is 1. The molecule has 0 unspecified atom stereocenters.